The van der Waals surface area contributed by atoms with E-state index in [-0.39, 0.29) is 11.3 Å². The second-order valence-electron chi connectivity index (χ2n) is 4.89. The van der Waals surface area contributed by atoms with Crippen molar-refractivity contribution in [3.8, 4) is 11.5 Å². The molecule has 0 unspecified atom stereocenters. The molecular weight excluding hydrogens is 334 g/mol. The van der Waals surface area contributed by atoms with Crippen LogP contribution in [0.4, 0.5) is 5.69 Å². The van der Waals surface area contributed by atoms with Gasteiger partial charge in [0.15, 0.2) is 11.5 Å². The lowest BCUT2D eigenvalue weighted by molar-refractivity contribution is -0.136. The maximum absolute atomic E-state index is 12.4. The third-order valence-electron chi connectivity index (χ3n) is 3.23. The van der Waals surface area contributed by atoms with Crippen LogP contribution in [0.2, 0.25) is 0 Å². The molecule has 0 saturated carbocycles. The van der Waals surface area contributed by atoms with E-state index in [1.165, 1.54) is 44.6 Å². The number of rotatable bonds is 7. The van der Waals surface area contributed by atoms with Crippen molar-refractivity contribution in [3.63, 3.8) is 0 Å². The summed E-state index contributed by atoms with van der Waals surface area (Å²) in [7, 11) is -0.928. The van der Waals surface area contributed by atoms with Crippen LogP contribution in [0.5, 0.6) is 11.5 Å². The van der Waals surface area contributed by atoms with Gasteiger partial charge in [0.25, 0.3) is 10.0 Å². The summed E-state index contributed by atoms with van der Waals surface area (Å²) in [5.74, 6) is -0.222. The number of ether oxygens (including phenoxy) is 2. The Bertz CT molecular complexity index is 830. The molecule has 0 aliphatic rings. The Morgan fingerprint density at radius 3 is 2.21 bits per heavy atom. The Labute approximate surface area is 139 Å². The molecule has 8 heteroatoms. The van der Waals surface area contributed by atoms with Crippen molar-refractivity contribution in [1.29, 1.82) is 0 Å². The van der Waals surface area contributed by atoms with Crippen LogP contribution in [-0.2, 0) is 21.2 Å². The first-order valence-corrected chi connectivity index (χ1v) is 8.39. The Balaban J connectivity index is 2.23. The molecule has 0 amide bonds. The third-order valence-corrected chi connectivity index (χ3v) is 4.61. The van der Waals surface area contributed by atoms with E-state index in [4.69, 9.17) is 14.6 Å². The molecule has 0 fully saturated rings. The minimum absolute atomic E-state index is 0.0229. The molecule has 0 radical (unpaired) electrons. The fraction of sp³-hybridized carbons (Fsp3) is 0.188. The molecule has 0 aliphatic heterocycles. The van der Waals surface area contributed by atoms with Gasteiger partial charge >= 0.3 is 5.97 Å². The van der Waals surface area contributed by atoms with Crippen LogP contribution in [-0.4, -0.2) is 33.7 Å². The van der Waals surface area contributed by atoms with Crippen LogP contribution >= 0.6 is 0 Å². The Morgan fingerprint density at radius 1 is 1.04 bits per heavy atom. The average Bonchev–Trinajstić information content (AvgIpc) is 2.55. The first-order valence-electron chi connectivity index (χ1n) is 6.91. The highest BCUT2D eigenvalue weighted by Gasteiger charge is 2.17. The van der Waals surface area contributed by atoms with Crippen molar-refractivity contribution in [3.05, 3.63) is 48.0 Å². The molecular formula is C16H17NO6S. The summed E-state index contributed by atoms with van der Waals surface area (Å²) in [4.78, 5) is 10.7. The number of hydrogen-bond donors (Lipinski definition) is 2. The van der Waals surface area contributed by atoms with E-state index in [0.29, 0.717) is 22.7 Å². The molecule has 0 aliphatic carbocycles. The van der Waals surface area contributed by atoms with Gasteiger partial charge in [-0.15, -0.1) is 0 Å². The standard InChI is InChI=1S/C16H17NO6S/c1-22-14-8-7-13(10-15(14)23-2)24(20,21)17-12-5-3-11(4-6-12)9-16(18)19/h3-8,10,17H,9H2,1-2H3,(H,18,19). The van der Waals surface area contributed by atoms with E-state index in [9.17, 15) is 13.2 Å². The molecule has 0 heterocycles. The fourth-order valence-electron chi connectivity index (χ4n) is 2.06. The number of benzene rings is 2. The molecule has 2 aromatic carbocycles. The summed E-state index contributed by atoms with van der Waals surface area (Å²) in [6, 6.07) is 10.4. The predicted octanol–water partition coefficient (Wildman–Crippen LogP) is 2.13. The first kappa shape index (κ1) is 17.6. The van der Waals surface area contributed by atoms with Crippen LogP contribution in [0.25, 0.3) is 0 Å². The number of nitrogens with one attached hydrogen (secondary N) is 1. The van der Waals surface area contributed by atoms with Gasteiger partial charge in [-0.05, 0) is 29.8 Å². The van der Waals surface area contributed by atoms with Crippen molar-refractivity contribution in [2.75, 3.05) is 18.9 Å². The minimum Gasteiger partial charge on any atom is -0.493 e. The minimum atomic E-state index is -3.81. The zero-order valence-corrected chi connectivity index (χ0v) is 14.0. The molecule has 0 atom stereocenters. The van der Waals surface area contributed by atoms with Crippen molar-refractivity contribution < 1.29 is 27.8 Å². The first-order chi connectivity index (χ1) is 11.4. The number of sulfonamides is 1. The lowest BCUT2D eigenvalue weighted by atomic mass is 10.1. The van der Waals surface area contributed by atoms with Crippen molar-refractivity contribution in [2.45, 2.75) is 11.3 Å². The molecule has 2 aromatic rings. The van der Waals surface area contributed by atoms with Gasteiger partial charge in [0, 0.05) is 11.8 Å². The highest BCUT2D eigenvalue weighted by atomic mass is 32.2. The van der Waals surface area contributed by atoms with Gasteiger partial charge in [-0.2, -0.15) is 0 Å². The normalized spacial score (nSPS) is 10.9. The second-order valence-corrected chi connectivity index (χ2v) is 6.57. The van der Waals surface area contributed by atoms with Gasteiger partial charge in [-0.1, -0.05) is 12.1 Å². The van der Waals surface area contributed by atoms with Gasteiger partial charge in [-0.25, -0.2) is 8.42 Å². The quantitative estimate of drug-likeness (QED) is 0.792. The Morgan fingerprint density at radius 2 is 1.67 bits per heavy atom. The summed E-state index contributed by atoms with van der Waals surface area (Å²) in [6.07, 6.45) is -0.122. The molecule has 0 saturated heterocycles. The lowest BCUT2D eigenvalue weighted by Crippen LogP contribution is -2.13. The summed E-state index contributed by atoms with van der Waals surface area (Å²) in [5.41, 5.74) is 0.912. The van der Waals surface area contributed by atoms with Crippen LogP contribution in [0.1, 0.15) is 5.56 Å². The Hall–Kier alpha value is -2.74. The zero-order chi connectivity index (χ0) is 17.7. The van der Waals surface area contributed by atoms with Crippen LogP contribution in [0, 0.1) is 0 Å². The number of carboxylic acid groups (broad SMARTS) is 1. The van der Waals surface area contributed by atoms with Crippen molar-refractivity contribution in [1.82, 2.24) is 0 Å². The summed E-state index contributed by atoms with van der Waals surface area (Å²) < 4.78 is 37.5. The van der Waals surface area contributed by atoms with Crippen LogP contribution in [0.3, 0.4) is 0 Å². The predicted molar refractivity (Wildman–Crippen MR) is 88.1 cm³/mol. The topological polar surface area (TPSA) is 102 Å². The van der Waals surface area contributed by atoms with Gasteiger partial charge in [0.2, 0.25) is 0 Å². The second kappa shape index (κ2) is 7.22. The van der Waals surface area contributed by atoms with Gasteiger partial charge in [0.05, 0.1) is 25.5 Å². The maximum atomic E-state index is 12.4. The van der Waals surface area contributed by atoms with E-state index in [2.05, 4.69) is 4.72 Å². The molecule has 0 spiro atoms. The van der Waals surface area contributed by atoms with Gasteiger partial charge < -0.3 is 14.6 Å². The molecule has 24 heavy (non-hydrogen) atoms. The van der Waals surface area contributed by atoms with Gasteiger partial charge in [-0.3, -0.25) is 9.52 Å². The number of hydrogen-bond acceptors (Lipinski definition) is 5. The van der Waals surface area contributed by atoms with E-state index < -0.39 is 16.0 Å². The number of carboxylic acids is 1. The molecule has 0 aromatic heterocycles. The molecule has 0 bridgehead atoms. The summed E-state index contributed by atoms with van der Waals surface area (Å²) >= 11 is 0. The van der Waals surface area contributed by atoms with Crippen LogP contribution in [0.15, 0.2) is 47.4 Å². The molecule has 2 N–H and O–H groups in total. The van der Waals surface area contributed by atoms with Crippen LogP contribution < -0.4 is 14.2 Å². The number of anilines is 1. The number of aliphatic carboxylic acids is 1. The van der Waals surface area contributed by atoms with E-state index in [1.807, 2.05) is 0 Å². The van der Waals surface area contributed by atoms with Crippen molar-refractivity contribution >= 4 is 21.7 Å². The van der Waals surface area contributed by atoms with E-state index in [0.717, 1.165) is 0 Å². The van der Waals surface area contributed by atoms with E-state index >= 15 is 0 Å². The number of methoxy groups -OCH3 is 2. The molecule has 7 nitrogen and oxygen atoms in total. The fourth-order valence-corrected chi connectivity index (χ4v) is 3.14. The largest absolute Gasteiger partial charge is 0.493 e. The highest BCUT2D eigenvalue weighted by Crippen LogP contribution is 2.30. The average molecular weight is 351 g/mol. The number of carbonyl (C=O) groups is 1. The highest BCUT2D eigenvalue weighted by molar-refractivity contribution is 7.92. The molecule has 128 valence electrons. The molecule has 2 rings (SSSR count). The van der Waals surface area contributed by atoms with Gasteiger partial charge in [0.1, 0.15) is 0 Å². The SMILES string of the molecule is COc1ccc(S(=O)(=O)Nc2ccc(CC(=O)O)cc2)cc1OC. The summed E-state index contributed by atoms with van der Waals surface area (Å²) in [5, 5.41) is 8.73. The summed E-state index contributed by atoms with van der Waals surface area (Å²) in [6.45, 7) is 0. The maximum Gasteiger partial charge on any atom is 0.307 e. The zero-order valence-electron chi connectivity index (χ0n) is 13.1. The Kier molecular flexibility index (Phi) is 5.30. The van der Waals surface area contributed by atoms with Crippen molar-refractivity contribution in [2.24, 2.45) is 0 Å². The monoisotopic (exact) mass is 351 g/mol. The lowest BCUT2D eigenvalue weighted by Gasteiger charge is -2.12. The van der Waals surface area contributed by atoms with E-state index in [1.54, 1.807) is 12.1 Å². The smallest absolute Gasteiger partial charge is 0.307 e. The third kappa shape index (κ3) is 4.17.